The summed E-state index contributed by atoms with van der Waals surface area (Å²) in [5.74, 6) is -0.740. The highest BCUT2D eigenvalue weighted by molar-refractivity contribution is 5.95. The maximum Gasteiger partial charge on any atom is 0.410 e. The molecule has 0 spiro atoms. The number of ether oxygens (including phenoxy) is 2. The van der Waals surface area contributed by atoms with Crippen molar-refractivity contribution >= 4 is 17.7 Å². The number of anilines is 1. The maximum atomic E-state index is 14.2. The molecule has 0 aromatic heterocycles. The van der Waals surface area contributed by atoms with Crippen LogP contribution in [0.2, 0.25) is 0 Å². The quantitative estimate of drug-likeness (QED) is 0.856. The number of carbonyl (C=O) groups excluding carboxylic acids is 2. The van der Waals surface area contributed by atoms with Crippen molar-refractivity contribution in [2.45, 2.75) is 38.7 Å². The highest BCUT2D eigenvalue weighted by Gasteiger charge is 2.32. The van der Waals surface area contributed by atoms with Crippen molar-refractivity contribution in [3.63, 3.8) is 0 Å². The molecular formula is C17H21FN2O4. The van der Waals surface area contributed by atoms with Crippen molar-refractivity contribution in [1.82, 2.24) is 4.90 Å². The van der Waals surface area contributed by atoms with E-state index in [1.54, 1.807) is 11.0 Å². The zero-order valence-electron chi connectivity index (χ0n) is 14.0. The second kappa shape index (κ2) is 5.96. The molecule has 0 bridgehead atoms. The lowest BCUT2D eigenvalue weighted by Gasteiger charge is -2.24. The first-order chi connectivity index (χ1) is 11.2. The zero-order chi connectivity index (χ0) is 17.5. The van der Waals surface area contributed by atoms with Crippen LogP contribution in [-0.4, -0.2) is 42.2 Å². The van der Waals surface area contributed by atoms with Crippen LogP contribution in [-0.2, 0) is 9.53 Å². The van der Waals surface area contributed by atoms with Gasteiger partial charge in [-0.1, -0.05) is 0 Å². The zero-order valence-corrected chi connectivity index (χ0v) is 14.0. The average molecular weight is 336 g/mol. The van der Waals surface area contributed by atoms with Gasteiger partial charge in [-0.25, -0.2) is 9.18 Å². The van der Waals surface area contributed by atoms with Gasteiger partial charge in [-0.2, -0.15) is 0 Å². The van der Waals surface area contributed by atoms with E-state index in [4.69, 9.17) is 9.47 Å². The number of fused-ring (bicyclic) bond motifs is 1. The standard InChI is InChI=1S/C17H21FN2O4/c1-17(2,3)24-16(22)20-5-4-10(8-20)11-6-12(18)15-13(7-11)19-14(21)9-23-15/h6-7,10H,4-5,8-9H2,1-3H3,(H,19,21). The summed E-state index contributed by atoms with van der Waals surface area (Å²) < 4.78 is 24.7. The van der Waals surface area contributed by atoms with Crippen molar-refractivity contribution in [2.75, 3.05) is 25.0 Å². The van der Waals surface area contributed by atoms with E-state index >= 15 is 0 Å². The molecule has 2 aliphatic heterocycles. The third kappa shape index (κ3) is 3.44. The van der Waals surface area contributed by atoms with Crippen LogP contribution in [0.1, 0.15) is 38.7 Å². The van der Waals surface area contributed by atoms with Crippen molar-refractivity contribution < 1.29 is 23.5 Å². The second-order valence-corrected chi connectivity index (χ2v) is 7.13. The smallest absolute Gasteiger partial charge is 0.410 e. The van der Waals surface area contributed by atoms with E-state index in [2.05, 4.69) is 5.32 Å². The molecule has 7 heteroatoms. The van der Waals surface area contributed by atoms with Gasteiger partial charge in [-0.15, -0.1) is 0 Å². The number of halogens is 1. The number of hydrogen-bond donors (Lipinski definition) is 1. The molecule has 1 N–H and O–H groups in total. The highest BCUT2D eigenvalue weighted by Crippen LogP contribution is 2.37. The Labute approximate surface area is 139 Å². The lowest BCUT2D eigenvalue weighted by molar-refractivity contribution is -0.118. The van der Waals surface area contributed by atoms with E-state index in [0.717, 1.165) is 5.56 Å². The molecule has 0 aliphatic carbocycles. The Morgan fingerprint density at radius 1 is 1.42 bits per heavy atom. The summed E-state index contributed by atoms with van der Waals surface area (Å²) in [6, 6.07) is 3.14. The fourth-order valence-electron chi connectivity index (χ4n) is 2.94. The molecule has 1 unspecified atom stereocenters. The first-order valence-electron chi connectivity index (χ1n) is 7.97. The summed E-state index contributed by atoms with van der Waals surface area (Å²) in [5.41, 5.74) is 0.536. The molecule has 1 aromatic rings. The normalized spacial score (nSPS) is 20.2. The summed E-state index contributed by atoms with van der Waals surface area (Å²) in [5, 5.41) is 2.62. The number of hydrogen-bond acceptors (Lipinski definition) is 4. The van der Waals surface area contributed by atoms with Crippen LogP contribution in [0, 0.1) is 5.82 Å². The minimum absolute atomic E-state index is 0.00357. The predicted molar refractivity (Wildman–Crippen MR) is 85.7 cm³/mol. The van der Waals surface area contributed by atoms with Gasteiger partial charge >= 0.3 is 6.09 Å². The van der Waals surface area contributed by atoms with Gasteiger partial charge in [-0.3, -0.25) is 4.79 Å². The fourth-order valence-corrected chi connectivity index (χ4v) is 2.94. The van der Waals surface area contributed by atoms with E-state index in [1.165, 1.54) is 6.07 Å². The maximum absolute atomic E-state index is 14.2. The van der Waals surface area contributed by atoms with Crippen molar-refractivity contribution in [2.24, 2.45) is 0 Å². The van der Waals surface area contributed by atoms with Gasteiger partial charge in [0, 0.05) is 19.0 Å². The summed E-state index contributed by atoms with van der Waals surface area (Å²) in [4.78, 5) is 25.2. The molecule has 0 radical (unpaired) electrons. The average Bonchev–Trinajstić information content (AvgIpc) is 2.94. The lowest BCUT2D eigenvalue weighted by Crippen LogP contribution is -2.35. The molecule has 1 saturated heterocycles. The third-order valence-electron chi connectivity index (χ3n) is 4.00. The number of nitrogens with one attached hydrogen (secondary N) is 1. The molecule has 3 rings (SSSR count). The van der Waals surface area contributed by atoms with E-state index < -0.39 is 11.4 Å². The molecule has 24 heavy (non-hydrogen) atoms. The van der Waals surface area contributed by atoms with Gasteiger partial charge in [0.05, 0.1) is 5.69 Å². The van der Waals surface area contributed by atoms with Crippen LogP contribution in [0.3, 0.4) is 0 Å². The monoisotopic (exact) mass is 336 g/mol. The molecular weight excluding hydrogens is 315 g/mol. The van der Waals surface area contributed by atoms with Crippen molar-refractivity contribution in [3.8, 4) is 5.75 Å². The van der Waals surface area contributed by atoms with E-state index in [1.807, 2.05) is 20.8 Å². The Balaban J connectivity index is 1.74. The number of likely N-dealkylation sites (tertiary alicyclic amines) is 1. The Hall–Kier alpha value is -2.31. The first-order valence-corrected chi connectivity index (χ1v) is 7.97. The van der Waals surface area contributed by atoms with Gasteiger partial charge < -0.3 is 19.7 Å². The van der Waals surface area contributed by atoms with Crippen LogP contribution in [0.15, 0.2) is 12.1 Å². The molecule has 0 saturated carbocycles. The SMILES string of the molecule is CC(C)(C)OC(=O)N1CCC(c2cc(F)c3c(c2)NC(=O)CO3)C1. The fraction of sp³-hybridized carbons (Fsp3) is 0.529. The minimum Gasteiger partial charge on any atom is -0.478 e. The van der Waals surface area contributed by atoms with Crippen molar-refractivity contribution in [3.05, 3.63) is 23.5 Å². The number of nitrogens with zero attached hydrogens (tertiary/aromatic N) is 1. The summed E-state index contributed by atoms with van der Waals surface area (Å²) in [7, 11) is 0. The summed E-state index contributed by atoms with van der Waals surface area (Å²) in [6.45, 7) is 6.29. The van der Waals surface area contributed by atoms with E-state index in [9.17, 15) is 14.0 Å². The van der Waals surface area contributed by atoms with Gasteiger partial charge in [-0.05, 0) is 44.9 Å². The molecule has 2 heterocycles. The lowest BCUT2D eigenvalue weighted by atomic mass is 9.97. The summed E-state index contributed by atoms with van der Waals surface area (Å²) in [6.07, 6.45) is 0.354. The number of amides is 2. The van der Waals surface area contributed by atoms with Crippen LogP contribution >= 0.6 is 0 Å². The van der Waals surface area contributed by atoms with Crippen LogP contribution in [0.4, 0.5) is 14.9 Å². The molecule has 2 amide bonds. The van der Waals surface area contributed by atoms with Crippen LogP contribution in [0.25, 0.3) is 0 Å². The van der Waals surface area contributed by atoms with Gasteiger partial charge in [0.25, 0.3) is 5.91 Å². The molecule has 130 valence electrons. The Kier molecular flexibility index (Phi) is 4.11. The summed E-state index contributed by atoms with van der Waals surface area (Å²) >= 11 is 0. The Bertz CT molecular complexity index is 684. The number of benzene rings is 1. The van der Waals surface area contributed by atoms with Crippen molar-refractivity contribution in [1.29, 1.82) is 0 Å². The second-order valence-electron chi connectivity index (χ2n) is 7.13. The molecule has 6 nitrogen and oxygen atoms in total. The Morgan fingerprint density at radius 3 is 2.88 bits per heavy atom. The third-order valence-corrected chi connectivity index (χ3v) is 4.00. The molecule has 1 fully saturated rings. The molecule has 2 aliphatic rings. The topological polar surface area (TPSA) is 67.9 Å². The van der Waals surface area contributed by atoms with E-state index in [-0.39, 0.29) is 30.3 Å². The van der Waals surface area contributed by atoms with Gasteiger partial charge in [0.1, 0.15) is 5.60 Å². The van der Waals surface area contributed by atoms with E-state index in [0.29, 0.717) is 25.2 Å². The Morgan fingerprint density at radius 2 is 2.17 bits per heavy atom. The van der Waals surface area contributed by atoms with Gasteiger partial charge in [0.15, 0.2) is 18.2 Å². The molecule has 1 aromatic carbocycles. The van der Waals surface area contributed by atoms with Gasteiger partial charge in [0.2, 0.25) is 0 Å². The predicted octanol–water partition coefficient (Wildman–Crippen LogP) is 2.88. The minimum atomic E-state index is -0.547. The van der Waals surface area contributed by atoms with Crippen LogP contribution in [0.5, 0.6) is 5.75 Å². The number of carbonyl (C=O) groups is 2. The highest BCUT2D eigenvalue weighted by atomic mass is 19.1. The van der Waals surface area contributed by atoms with Crippen LogP contribution < -0.4 is 10.1 Å². The molecule has 1 atom stereocenters. The largest absolute Gasteiger partial charge is 0.478 e. The first kappa shape index (κ1) is 16.5. The number of rotatable bonds is 1.